The van der Waals surface area contributed by atoms with Crippen LogP contribution in [0.15, 0.2) is 60.7 Å². The van der Waals surface area contributed by atoms with Crippen LogP contribution in [0.2, 0.25) is 39.8 Å². The van der Waals surface area contributed by atoms with Crippen molar-refractivity contribution in [1.29, 1.82) is 0 Å². The van der Waals surface area contributed by atoms with Crippen LogP contribution in [0.25, 0.3) is 0 Å². The standard InChI is InChI=1S/C24H31NOSi.C17H33NOSi.C14H27NOSi.C9H19NO/c1-23(2,3)25-22(26)18-13-19-27(24(4,5)6,20-14-9-7-10-15-20)21-16-11-8-12-17-21;1-13(2)20(14(3)4,15(5)6)12-10-11-16(19)18-17(7,8)9;1-13(2,3)15-12(16)10-9-11-17(7,8)14(4,5)6;1-8(2,3)7(11)10-9(4,5)6/h7-12,14-17H,18H2,1-6H3,(H,25,26);13-15H,11H2,1-9H3,(H,18,19);10H2,1-8H3,(H,15,16);1-6H3,(H,10,11). The van der Waals surface area contributed by atoms with Crippen molar-refractivity contribution in [1.82, 2.24) is 21.3 Å². The van der Waals surface area contributed by atoms with Gasteiger partial charge < -0.3 is 21.3 Å². The summed E-state index contributed by atoms with van der Waals surface area (Å²) in [5.41, 5.74) is 11.4. The number of carbonyl (C=O) groups excluding carboxylic acids is 4. The van der Waals surface area contributed by atoms with Crippen molar-refractivity contribution in [2.24, 2.45) is 5.41 Å². The maximum Gasteiger partial charge on any atom is 0.232 e. The van der Waals surface area contributed by atoms with Gasteiger partial charge in [-0.15, -0.1) is 28.5 Å². The van der Waals surface area contributed by atoms with Crippen molar-refractivity contribution in [3.63, 3.8) is 0 Å². The smallest absolute Gasteiger partial charge is 0.232 e. The van der Waals surface area contributed by atoms with Gasteiger partial charge in [-0.05, 0) is 120 Å². The fourth-order valence-corrected chi connectivity index (χ4v) is 18.8. The molecule has 0 unspecified atom stereocenters. The third kappa shape index (κ3) is 28.0. The van der Waals surface area contributed by atoms with Crippen LogP contribution in [0.1, 0.15) is 206 Å². The van der Waals surface area contributed by atoms with Crippen molar-refractivity contribution in [2.45, 2.75) is 268 Å². The van der Waals surface area contributed by atoms with Crippen LogP contribution < -0.4 is 31.6 Å². The monoisotopic (exact) mass is 1080 g/mol. The molecule has 422 valence electrons. The SMILES string of the molecule is CC(C)(C)NC(=O)C(C)(C)C.CC(C)(C)NC(=O)CC#C[Si](C)(C)C(C)(C)C.CC(C)(C)NC(=O)CC#C[Si](c1ccccc1)(c1ccccc1)C(C)(C)C.CC(C)[Si](C#CCC(=O)NC(C)(C)C)(C(C)C)C(C)C. The minimum atomic E-state index is -2.42. The molecule has 0 aliphatic heterocycles. The number of nitrogens with one attached hydrogen (secondary N) is 4. The summed E-state index contributed by atoms with van der Waals surface area (Å²) in [6.07, 6.45) is 0.851. The van der Waals surface area contributed by atoms with Crippen molar-refractivity contribution in [2.75, 3.05) is 0 Å². The Morgan fingerprint density at radius 3 is 0.920 bits per heavy atom. The number of carbonyl (C=O) groups is 4. The molecule has 2 aromatic carbocycles. The van der Waals surface area contributed by atoms with Crippen LogP contribution in [0.5, 0.6) is 0 Å². The summed E-state index contributed by atoms with van der Waals surface area (Å²) >= 11 is 0. The zero-order valence-electron chi connectivity index (χ0n) is 53.3. The number of rotatable bonds is 8. The normalized spacial score (nSPS) is 12.5. The summed E-state index contributed by atoms with van der Waals surface area (Å²) in [5, 5.41) is 14.6. The van der Waals surface area contributed by atoms with E-state index in [1.807, 2.05) is 116 Å². The van der Waals surface area contributed by atoms with E-state index >= 15 is 0 Å². The number of amides is 4. The van der Waals surface area contributed by atoms with Crippen molar-refractivity contribution in [3.05, 3.63) is 60.7 Å². The molecule has 8 nitrogen and oxygen atoms in total. The minimum Gasteiger partial charge on any atom is -0.351 e. The first-order valence-electron chi connectivity index (χ1n) is 27.3. The molecule has 2 aromatic rings. The topological polar surface area (TPSA) is 116 Å². The molecule has 0 saturated carbocycles. The molecule has 0 radical (unpaired) electrons. The summed E-state index contributed by atoms with van der Waals surface area (Å²) in [5.74, 6) is 9.63. The van der Waals surface area contributed by atoms with Gasteiger partial charge in [-0.25, -0.2) is 0 Å². The highest BCUT2D eigenvalue weighted by atomic mass is 28.3. The van der Waals surface area contributed by atoms with Gasteiger partial charge in [0, 0.05) is 27.6 Å². The van der Waals surface area contributed by atoms with E-state index in [9.17, 15) is 19.2 Å². The van der Waals surface area contributed by atoms with Gasteiger partial charge in [0.05, 0.1) is 19.3 Å². The Labute approximate surface area is 464 Å². The lowest BCUT2D eigenvalue weighted by Gasteiger charge is -2.39. The van der Waals surface area contributed by atoms with Crippen molar-refractivity contribution >= 4 is 58.2 Å². The van der Waals surface area contributed by atoms with E-state index < -0.39 is 24.2 Å². The predicted octanol–water partition coefficient (Wildman–Crippen LogP) is 13.7. The zero-order chi connectivity index (χ0) is 59.5. The second kappa shape index (κ2) is 29.4. The van der Waals surface area contributed by atoms with Gasteiger partial charge >= 0.3 is 0 Å². The predicted molar refractivity (Wildman–Crippen MR) is 334 cm³/mol. The molecule has 2 rings (SSSR count). The lowest BCUT2D eigenvalue weighted by molar-refractivity contribution is -0.130. The molecule has 0 spiro atoms. The Bertz CT molecular complexity index is 2230. The largest absolute Gasteiger partial charge is 0.351 e. The molecule has 0 atom stereocenters. The molecule has 0 heterocycles. The first-order chi connectivity index (χ1) is 33.5. The van der Waals surface area contributed by atoms with Gasteiger partial charge in [-0.1, -0.05) is 184 Å². The summed E-state index contributed by atoms with van der Waals surface area (Å²) in [4.78, 5) is 47.1. The molecule has 0 aliphatic carbocycles. The van der Waals surface area contributed by atoms with Crippen LogP contribution in [0, 0.1) is 39.8 Å². The summed E-state index contributed by atoms with van der Waals surface area (Å²) in [7, 11) is -5.68. The van der Waals surface area contributed by atoms with E-state index in [0.717, 1.165) is 0 Å². The highest BCUT2D eigenvalue weighted by Crippen LogP contribution is 2.41. The highest BCUT2D eigenvalue weighted by molar-refractivity contribution is 7.10. The van der Waals surface area contributed by atoms with Gasteiger partial charge in [-0.2, -0.15) is 0 Å². The van der Waals surface area contributed by atoms with E-state index in [0.29, 0.717) is 29.5 Å². The molecule has 0 bridgehead atoms. The molecule has 4 N–H and O–H groups in total. The van der Waals surface area contributed by atoms with E-state index in [-0.39, 0.29) is 67.7 Å². The minimum absolute atomic E-state index is 0.0173. The van der Waals surface area contributed by atoms with Gasteiger partial charge in [-0.3, -0.25) is 19.2 Å². The average molecular weight is 1080 g/mol. The van der Waals surface area contributed by atoms with Gasteiger partial charge in [0.1, 0.15) is 16.1 Å². The van der Waals surface area contributed by atoms with Gasteiger partial charge in [0.2, 0.25) is 31.7 Å². The van der Waals surface area contributed by atoms with Gasteiger partial charge in [0.25, 0.3) is 0 Å². The maximum atomic E-state index is 12.3. The maximum absolute atomic E-state index is 12.3. The zero-order valence-corrected chi connectivity index (χ0v) is 56.3. The first-order valence-corrected chi connectivity index (χ1v) is 34.6. The molecule has 0 aliphatic rings. The lowest BCUT2D eigenvalue weighted by Crippen LogP contribution is -2.63. The Morgan fingerprint density at radius 1 is 0.413 bits per heavy atom. The molecule has 11 heteroatoms. The molecular formula is C64H110N4O4Si3. The van der Waals surface area contributed by atoms with E-state index in [1.165, 1.54) is 10.4 Å². The van der Waals surface area contributed by atoms with Crippen molar-refractivity contribution < 1.29 is 19.2 Å². The Morgan fingerprint density at radius 2 is 0.693 bits per heavy atom. The fraction of sp³-hybridized carbons (Fsp3) is 0.656. The molecule has 0 saturated heterocycles. The summed E-state index contributed by atoms with van der Waals surface area (Å²) < 4.78 is 0. The van der Waals surface area contributed by atoms with E-state index in [4.69, 9.17) is 0 Å². The Hall–Kier alpha value is -4.35. The van der Waals surface area contributed by atoms with Crippen molar-refractivity contribution in [3.8, 4) is 34.4 Å². The second-order valence-corrected chi connectivity index (χ2v) is 43.8. The first kappa shape index (κ1) is 72.7. The lowest BCUT2D eigenvalue weighted by atomic mass is 9.94. The van der Waals surface area contributed by atoms with Gasteiger partial charge in [0.15, 0.2) is 0 Å². The molecule has 4 amide bonds. The van der Waals surface area contributed by atoms with Crippen LogP contribution in [-0.4, -0.2) is 70.0 Å². The highest BCUT2D eigenvalue weighted by Gasteiger charge is 2.47. The Kier molecular flexibility index (Phi) is 28.5. The Balaban J connectivity index is 0. The third-order valence-corrected chi connectivity index (χ3v) is 28.8. The fourth-order valence-electron chi connectivity index (χ4n) is 8.16. The van der Waals surface area contributed by atoms with E-state index in [1.54, 1.807) is 0 Å². The quantitative estimate of drug-likeness (QED) is 0.156. The van der Waals surface area contributed by atoms with E-state index in [2.05, 4.69) is 200 Å². The molecule has 0 aromatic heterocycles. The summed E-state index contributed by atoms with van der Waals surface area (Å²) in [6, 6.07) is 21.2. The average Bonchev–Trinajstić information content (AvgIpc) is 3.18. The molecule has 75 heavy (non-hydrogen) atoms. The molecule has 0 fully saturated rings. The van der Waals surface area contributed by atoms with Crippen LogP contribution in [0.4, 0.5) is 0 Å². The number of hydrogen-bond acceptors (Lipinski definition) is 4. The van der Waals surface area contributed by atoms with Crippen LogP contribution >= 0.6 is 0 Å². The number of hydrogen-bond donors (Lipinski definition) is 4. The van der Waals surface area contributed by atoms with Crippen LogP contribution in [-0.2, 0) is 19.2 Å². The second-order valence-electron chi connectivity index (χ2n) is 28.8. The van der Waals surface area contributed by atoms with Crippen LogP contribution in [0.3, 0.4) is 0 Å². The summed E-state index contributed by atoms with van der Waals surface area (Å²) in [6.45, 7) is 61.3. The third-order valence-electron chi connectivity index (χ3n) is 12.7. The number of benzene rings is 2. The molecular weight excluding hydrogens is 973 g/mol.